The van der Waals surface area contributed by atoms with Crippen LogP contribution >= 0.6 is 0 Å². The second kappa shape index (κ2) is 15.8. The molecule has 1 unspecified atom stereocenters. The van der Waals surface area contributed by atoms with Gasteiger partial charge in [-0.05, 0) is 36.1 Å². The fraction of sp³-hybridized carbons (Fsp3) is 0.407. The van der Waals surface area contributed by atoms with E-state index in [2.05, 4.69) is 10.6 Å². The Morgan fingerprint density at radius 3 is 2.22 bits per heavy atom. The van der Waals surface area contributed by atoms with E-state index in [-0.39, 0.29) is 45.3 Å². The molecule has 0 bridgehead atoms. The molecule has 2 amide bonds. The Bertz CT molecular complexity index is 1010. The van der Waals surface area contributed by atoms with Crippen molar-refractivity contribution in [3.8, 4) is 5.75 Å². The predicted octanol–water partition coefficient (Wildman–Crippen LogP) is 2.78. The lowest BCUT2D eigenvalue weighted by Crippen LogP contribution is -2.47. The van der Waals surface area contributed by atoms with Gasteiger partial charge in [0.2, 0.25) is 5.91 Å². The molecule has 10 heteroatoms. The van der Waals surface area contributed by atoms with E-state index in [1.807, 2.05) is 44.2 Å². The van der Waals surface area contributed by atoms with Crippen LogP contribution in [-0.2, 0) is 41.6 Å². The molecule has 2 rings (SSSR count). The minimum Gasteiger partial charge on any atom is -0.482 e. The van der Waals surface area contributed by atoms with Crippen molar-refractivity contribution in [3.63, 3.8) is 0 Å². The molecule has 0 saturated carbocycles. The number of ether oxygens (including phenoxy) is 4. The maximum absolute atomic E-state index is 12.7. The van der Waals surface area contributed by atoms with Crippen molar-refractivity contribution in [2.24, 2.45) is 5.92 Å². The first-order valence-corrected chi connectivity index (χ1v) is 12.0. The predicted molar refractivity (Wildman–Crippen MR) is 135 cm³/mol. The van der Waals surface area contributed by atoms with Gasteiger partial charge in [0, 0.05) is 6.42 Å². The molecule has 2 aromatic rings. The molecule has 0 fully saturated rings. The van der Waals surface area contributed by atoms with Gasteiger partial charge < -0.3 is 29.6 Å². The van der Waals surface area contributed by atoms with E-state index in [0.717, 1.165) is 11.1 Å². The molecule has 2 aromatic carbocycles. The first-order valence-electron chi connectivity index (χ1n) is 12.0. The van der Waals surface area contributed by atoms with Gasteiger partial charge in [-0.2, -0.15) is 0 Å². The van der Waals surface area contributed by atoms with Gasteiger partial charge in [-0.15, -0.1) is 0 Å². The second-order valence-electron chi connectivity index (χ2n) is 8.50. The fourth-order valence-electron chi connectivity index (χ4n) is 3.02. The van der Waals surface area contributed by atoms with Gasteiger partial charge >= 0.3 is 18.0 Å². The number of benzene rings is 2. The largest absolute Gasteiger partial charge is 0.482 e. The summed E-state index contributed by atoms with van der Waals surface area (Å²) in [6, 6.07) is 14.9. The van der Waals surface area contributed by atoms with Crippen LogP contribution in [0, 0.1) is 5.92 Å². The normalized spacial score (nSPS) is 11.2. The summed E-state index contributed by atoms with van der Waals surface area (Å²) in [4.78, 5) is 48.5. The molecule has 0 aromatic heterocycles. The maximum atomic E-state index is 12.7. The van der Waals surface area contributed by atoms with Crippen molar-refractivity contribution in [2.45, 2.75) is 39.8 Å². The van der Waals surface area contributed by atoms with Crippen LogP contribution < -0.4 is 15.4 Å². The molecule has 0 aliphatic carbocycles. The van der Waals surface area contributed by atoms with Crippen molar-refractivity contribution in [1.29, 1.82) is 0 Å². The zero-order valence-corrected chi connectivity index (χ0v) is 21.4. The molecule has 0 aliphatic rings. The second-order valence-corrected chi connectivity index (χ2v) is 8.50. The van der Waals surface area contributed by atoms with Gasteiger partial charge in [0.05, 0.1) is 13.2 Å². The molecule has 200 valence electrons. The number of esters is 2. The molecule has 0 aliphatic heterocycles. The number of hydrogen-bond acceptors (Lipinski definition) is 8. The van der Waals surface area contributed by atoms with E-state index in [1.54, 1.807) is 31.2 Å². The Morgan fingerprint density at radius 1 is 0.865 bits per heavy atom. The summed E-state index contributed by atoms with van der Waals surface area (Å²) in [7, 11) is 0. The molecule has 37 heavy (non-hydrogen) atoms. The molecule has 0 spiro atoms. The summed E-state index contributed by atoms with van der Waals surface area (Å²) in [5.41, 5.74) is 1.54. The van der Waals surface area contributed by atoms with E-state index in [4.69, 9.17) is 18.9 Å². The van der Waals surface area contributed by atoms with Gasteiger partial charge in [-0.1, -0.05) is 56.3 Å². The Kier molecular flexibility index (Phi) is 12.5. The van der Waals surface area contributed by atoms with Gasteiger partial charge in [-0.3, -0.25) is 4.79 Å². The monoisotopic (exact) mass is 514 g/mol. The van der Waals surface area contributed by atoms with Crippen LogP contribution in [0.1, 0.15) is 31.9 Å². The van der Waals surface area contributed by atoms with Crippen molar-refractivity contribution in [2.75, 3.05) is 26.4 Å². The van der Waals surface area contributed by atoms with E-state index in [0.29, 0.717) is 5.75 Å². The SMILES string of the molecule is CCOC(=O)COc1ccc(CC(NC(=O)CNC(=O)OCc2ccccc2)C(=O)OCC(C)C)cc1. The van der Waals surface area contributed by atoms with Gasteiger partial charge in [-0.25, -0.2) is 14.4 Å². The first kappa shape index (κ1) is 29.2. The average Bonchev–Trinajstić information content (AvgIpc) is 2.89. The zero-order valence-electron chi connectivity index (χ0n) is 21.4. The van der Waals surface area contributed by atoms with Crippen molar-refractivity contribution in [3.05, 3.63) is 65.7 Å². The van der Waals surface area contributed by atoms with Crippen molar-refractivity contribution < 1.29 is 38.1 Å². The summed E-state index contributed by atoms with van der Waals surface area (Å²) in [6.45, 7) is 5.47. The first-order chi connectivity index (χ1) is 17.8. The van der Waals surface area contributed by atoms with Crippen LogP contribution in [0.4, 0.5) is 4.79 Å². The van der Waals surface area contributed by atoms with E-state index in [9.17, 15) is 19.2 Å². The number of amides is 2. The topological polar surface area (TPSA) is 129 Å². The zero-order chi connectivity index (χ0) is 27.0. The maximum Gasteiger partial charge on any atom is 0.407 e. The Hall–Kier alpha value is -4.08. The lowest BCUT2D eigenvalue weighted by molar-refractivity contribution is -0.148. The van der Waals surface area contributed by atoms with Crippen LogP contribution in [0.2, 0.25) is 0 Å². The number of nitrogens with one attached hydrogen (secondary N) is 2. The van der Waals surface area contributed by atoms with E-state index in [1.165, 1.54) is 0 Å². The Morgan fingerprint density at radius 2 is 1.57 bits per heavy atom. The minimum atomic E-state index is -0.973. The highest BCUT2D eigenvalue weighted by molar-refractivity contribution is 5.87. The summed E-state index contributed by atoms with van der Waals surface area (Å²) >= 11 is 0. The van der Waals surface area contributed by atoms with Crippen molar-refractivity contribution in [1.82, 2.24) is 10.6 Å². The smallest absolute Gasteiger partial charge is 0.407 e. The molecular formula is C27H34N2O8. The number of alkyl carbamates (subject to hydrolysis) is 1. The summed E-state index contributed by atoms with van der Waals surface area (Å²) in [5.74, 6) is -1.05. The van der Waals surface area contributed by atoms with Crippen molar-refractivity contribution >= 4 is 23.9 Å². The number of hydrogen-bond donors (Lipinski definition) is 2. The number of carbonyl (C=O) groups is 4. The molecule has 0 radical (unpaired) electrons. The minimum absolute atomic E-state index is 0.0674. The van der Waals surface area contributed by atoms with E-state index >= 15 is 0 Å². The Balaban J connectivity index is 1.90. The molecular weight excluding hydrogens is 480 g/mol. The summed E-state index contributed by atoms with van der Waals surface area (Å²) < 4.78 is 20.6. The van der Waals surface area contributed by atoms with Crippen LogP contribution in [0.15, 0.2) is 54.6 Å². The lowest BCUT2D eigenvalue weighted by atomic mass is 10.1. The van der Waals surface area contributed by atoms with Gasteiger partial charge in [0.1, 0.15) is 24.9 Å². The quantitative estimate of drug-likeness (QED) is 0.291. The average molecular weight is 515 g/mol. The van der Waals surface area contributed by atoms with Gasteiger partial charge in [0.25, 0.3) is 0 Å². The fourth-order valence-corrected chi connectivity index (χ4v) is 3.02. The van der Waals surface area contributed by atoms with Crippen LogP contribution in [0.3, 0.4) is 0 Å². The molecule has 0 saturated heterocycles. The third kappa shape index (κ3) is 11.9. The van der Waals surface area contributed by atoms with Crippen LogP contribution in [-0.4, -0.2) is 56.3 Å². The van der Waals surface area contributed by atoms with Gasteiger partial charge in [0.15, 0.2) is 6.61 Å². The Labute approximate surface area is 216 Å². The van der Waals surface area contributed by atoms with Crippen LogP contribution in [0.5, 0.6) is 5.75 Å². The molecule has 1 atom stereocenters. The highest BCUT2D eigenvalue weighted by atomic mass is 16.6. The standard InChI is InChI=1S/C27H34N2O8/c1-4-34-25(31)18-35-22-12-10-20(11-13-22)14-23(26(32)36-16-19(2)3)29-24(30)15-28-27(33)37-17-21-8-6-5-7-9-21/h5-13,19,23H,4,14-18H2,1-3H3,(H,28,33)(H,29,30). The van der Waals surface area contributed by atoms with Crippen LogP contribution in [0.25, 0.3) is 0 Å². The molecule has 10 nitrogen and oxygen atoms in total. The number of carbonyl (C=O) groups excluding carboxylic acids is 4. The third-order valence-corrected chi connectivity index (χ3v) is 4.81. The highest BCUT2D eigenvalue weighted by Gasteiger charge is 2.23. The summed E-state index contributed by atoms with van der Waals surface area (Å²) in [6.07, 6.45) is -0.601. The number of rotatable bonds is 14. The molecule has 0 heterocycles. The third-order valence-electron chi connectivity index (χ3n) is 4.81. The summed E-state index contributed by atoms with van der Waals surface area (Å²) in [5, 5.41) is 4.98. The lowest BCUT2D eigenvalue weighted by Gasteiger charge is -2.19. The van der Waals surface area contributed by atoms with E-state index < -0.39 is 30.0 Å². The molecule has 2 N–H and O–H groups in total. The highest BCUT2D eigenvalue weighted by Crippen LogP contribution is 2.14.